The molecule has 0 fully saturated rings. The lowest BCUT2D eigenvalue weighted by Gasteiger charge is -2.15. The van der Waals surface area contributed by atoms with E-state index in [4.69, 9.17) is 16.1 Å². The van der Waals surface area contributed by atoms with Crippen molar-refractivity contribution in [2.24, 2.45) is 4.99 Å². The SMILES string of the molecule is Cc1noc(C)c1CN=C(NCCSc1ccc(Cl)cc1)NCC(=O)N(C)C.I. The average Bonchev–Trinajstić information content (AvgIpc) is 2.99. The molecule has 0 atom stereocenters. The molecular weight excluding hydrogens is 525 g/mol. The Hall–Kier alpha value is -1.46. The van der Waals surface area contributed by atoms with Crippen molar-refractivity contribution in [1.29, 1.82) is 0 Å². The molecule has 0 aliphatic carbocycles. The molecule has 2 rings (SSSR count). The number of amides is 1. The topological polar surface area (TPSA) is 82.8 Å². The second-order valence-electron chi connectivity index (χ2n) is 6.34. The lowest BCUT2D eigenvalue weighted by Crippen LogP contribution is -2.43. The monoisotopic (exact) mass is 551 g/mol. The maximum absolute atomic E-state index is 11.9. The summed E-state index contributed by atoms with van der Waals surface area (Å²) in [6, 6.07) is 7.74. The summed E-state index contributed by atoms with van der Waals surface area (Å²) in [5, 5.41) is 11.0. The third kappa shape index (κ3) is 8.83. The first-order valence-electron chi connectivity index (χ1n) is 8.89. The molecule has 0 spiro atoms. The maximum Gasteiger partial charge on any atom is 0.241 e. The quantitative estimate of drug-likeness (QED) is 0.172. The van der Waals surface area contributed by atoms with Crippen LogP contribution in [0.5, 0.6) is 0 Å². The van der Waals surface area contributed by atoms with Crippen LogP contribution >= 0.6 is 47.3 Å². The number of nitrogens with one attached hydrogen (secondary N) is 2. The molecule has 7 nitrogen and oxygen atoms in total. The van der Waals surface area contributed by atoms with Gasteiger partial charge in [-0.1, -0.05) is 16.8 Å². The predicted octanol–water partition coefficient (Wildman–Crippen LogP) is 3.48. The highest BCUT2D eigenvalue weighted by molar-refractivity contribution is 14.0. The van der Waals surface area contributed by atoms with Gasteiger partial charge in [0.15, 0.2) is 5.96 Å². The molecule has 0 bridgehead atoms. The van der Waals surface area contributed by atoms with E-state index in [0.717, 1.165) is 32.7 Å². The molecule has 2 N–H and O–H groups in total. The maximum atomic E-state index is 11.9. The number of hydrogen-bond donors (Lipinski definition) is 2. The summed E-state index contributed by atoms with van der Waals surface area (Å²) >= 11 is 7.63. The predicted molar refractivity (Wildman–Crippen MR) is 129 cm³/mol. The summed E-state index contributed by atoms with van der Waals surface area (Å²) in [5.74, 6) is 2.15. The highest BCUT2D eigenvalue weighted by Gasteiger charge is 2.10. The first-order valence-corrected chi connectivity index (χ1v) is 10.3. The van der Waals surface area contributed by atoms with Gasteiger partial charge in [0.05, 0.1) is 18.8 Å². The van der Waals surface area contributed by atoms with Crippen LogP contribution in [0.2, 0.25) is 5.02 Å². The minimum absolute atomic E-state index is 0. The van der Waals surface area contributed by atoms with E-state index in [2.05, 4.69) is 20.8 Å². The number of thioether (sulfide) groups is 1. The van der Waals surface area contributed by atoms with Gasteiger partial charge in [0, 0.05) is 41.9 Å². The molecule has 0 saturated carbocycles. The summed E-state index contributed by atoms with van der Waals surface area (Å²) in [7, 11) is 3.45. The zero-order valence-electron chi connectivity index (χ0n) is 17.0. The Balaban J connectivity index is 0.00000420. The summed E-state index contributed by atoms with van der Waals surface area (Å²) in [5.41, 5.74) is 1.78. The smallest absolute Gasteiger partial charge is 0.241 e. The summed E-state index contributed by atoms with van der Waals surface area (Å²) in [6.07, 6.45) is 0. The van der Waals surface area contributed by atoms with Gasteiger partial charge >= 0.3 is 0 Å². The molecule has 0 unspecified atom stereocenters. The van der Waals surface area contributed by atoms with Gasteiger partial charge in [-0.2, -0.15) is 0 Å². The lowest BCUT2D eigenvalue weighted by atomic mass is 10.2. The van der Waals surface area contributed by atoms with E-state index in [-0.39, 0.29) is 36.4 Å². The molecule has 1 heterocycles. The van der Waals surface area contributed by atoms with Gasteiger partial charge in [0.1, 0.15) is 5.76 Å². The number of hydrogen-bond acceptors (Lipinski definition) is 5. The molecule has 0 radical (unpaired) electrons. The van der Waals surface area contributed by atoms with Crippen molar-refractivity contribution in [3.63, 3.8) is 0 Å². The highest BCUT2D eigenvalue weighted by Crippen LogP contribution is 2.19. The molecule has 10 heteroatoms. The number of aliphatic imine (C=N–C) groups is 1. The van der Waals surface area contributed by atoms with E-state index < -0.39 is 0 Å². The van der Waals surface area contributed by atoms with Crippen molar-refractivity contribution in [1.82, 2.24) is 20.7 Å². The van der Waals surface area contributed by atoms with Crippen LogP contribution < -0.4 is 10.6 Å². The standard InChI is InChI=1S/C19H26ClN5O2S.HI/c1-13-17(14(2)27-24-13)11-22-19(23-12-18(26)25(3)4)21-9-10-28-16-7-5-15(20)6-8-16;/h5-8H,9-12H2,1-4H3,(H2,21,22,23);1H. The van der Waals surface area contributed by atoms with E-state index in [9.17, 15) is 4.79 Å². The van der Waals surface area contributed by atoms with Crippen molar-refractivity contribution < 1.29 is 9.32 Å². The minimum Gasteiger partial charge on any atom is -0.361 e. The molecule has 0 aliphatic heterocycles. The largest absolute Gasteiger partial charge is 0.361 e. The van der Waals surface area contributed by atoms with E-state index >= 15 is 0 Å². The number of nitrogens with zero attached hydrogens (tertiary/aromatic N) is 3. The van der Waals surface area contributed by atoms with Crippen molar-refractivity contribution in [3.05, 3.63) is 46.3 Å². The normalized spacial score (nSPS) is 11.0. The molecular formula is C19H27ClIN5O2S. The average molecular weight is 552 g/mol. The Kier molecular flexibility index (Phi) is 11.4. The molecule has 29 heavy (non-hydrogen) atoms. The summed E-state index contributed by atoms with van der Waals surface area (Å²) < 4.78 is 5.18. The number of benzene rings is 1. The number of carbonyl (C=O) groups is 1. The van der Waals surface area contributed by atoms with Crippen molar-refractivity contribution >= 4 is 59.2 Å². The number of carbonyl (C=O) groups excluding carboxylic acids is 1. The molecule has 1 aromatic carbocycles. The highest BCUT2D eigenvalue weighted by atomic mass is 127. The van der Waals surface area contributed by atoms with Gasteiger partial charge in [-0.15, -0.1) is 35.7 Å². The van der Waals surface area contributed by atoms with Crippen molar-refractivity contribution in [3.8, 4) is 0 Å². The first kappa shape index (κ1) is 25.6. The third-order valence-electron chi connectivity index (χ3n) is 3.96. The van der Waals surface area contributed by atoms with Crippen LogP contribution in [-0.2, 0) is 11.3 Å². The van der Waals surface area contributed by atoms with E-state index in [0.29, 0.717) is 19.0 Å². The fraction of sp³-hybridized carbons (Fsp3) is 0.421. The molecule has 0 aliphatic rings. The van der Waals surface area contributed by atoms with Crippen LogP contribution in [0.25, 0.3) is 0 Å². The number of rotatable bonds is 8. The Morgan fingerprint density at radius 1 is 1.24 bits per heavy atom. The van der Waals surface area contributed by atoms with Crippen molar-refractivity contribution in [2.75, 3.05) is 32.9 Å². The van der Waals surface area contributed by atoms with Crippen LogP contribution in [0.1, 0.15) is 17.0 Å². The van der Waals surface area contributed by atoms with Gasteiger partial charge in [-0.25, -0.2) is 4.99 Å². The van der Waals surface area contributed by atoms with Gasteiger partial charge in [0.25, 0.3) is 0 Å². The zero-order valence-corrected chi connectivity index (χ0v) is 20.9. The molecule has 160 valence electrons. The second-order valence-corrected chi connectivity index (χ2v) is 7.94. The second kappa shape index (κ2) is 13.0. The van der Waals surface area contributed by atoms with E-state index in [1.165, 1.54) is 4.90 Å². The molecule has 0 saturated heterocycles. The number of halogens is 2. The van der Waals surface area contributed by atoms with Gasteiger partial charge in [0.2, 0.25) is 5.91 Å². The summed E-state index contributed by atoms with van der Waals surface area (Å²) in [6.45, 7) is 5.04. The van der Waals surface area contributed by atoms with E-state index in [1.807, 2.05) is 38.1 Å². The fourth-order valence-corrected chi connectivity index (χ4v) is 3.14. The van der Waals surface area contributed by atoms with Crippen LogP contribution in [-0.4, -0.2) is 54.9 Å². The van der Waals surface area contributed by atoms with Crippen LogP contribution in [0.15, 0.2) is 38.7 Å². The Labute approximate surface area is 198 Å². The molecule has 1 aromatic heterocycles. The number of aromatic nitrogens is 1. The number of guanidine groups is 1. The van der Waals surface area contributed by atoms with Gasteiger partial charge in [-0.3, -0.25) is 4.79 Å². The fourth-order valence-electron chi connectivity index (χ4n) is 2.25. The lowest BCUT2D eigenvalue weighted by molar-refractivity contribution is -0.127. The van der Waals surface area contributed by atoms with Gasteiger partial charge < -0.3 is 20.1 Å². The Morgan fingerprint density at radius 2 is 1.93 bits per heavy atom. The first-order chi connectivity index (χ1) is 13.4. The zero-order chi connectivity index (χ0) is 20.5. The van der Waals surface area contributed by atoms with E-state index in [1.54, 1.807) is 25.9 Å². The summed E-state index contributed by atoms with van der Waals surface area (Å²) in [4.78, 5) is 19.1. The molecule has 1 amide bonds. The molecule has 2 aromatic rings. The Bertz CT molecular complexity index is 792. The number of aryl methyl sites for hydroxylation is 2. The number of likely N-dealkylation sites (N-methyl/N-ethyl adjacent to an activating group) is 1. The van der Waals surface area contributed by atoms with Crippen molar-refractivity contribution in [2.45, 2.75) is 25.3 Å². The van der Waals surface area contributed by atoms with Crippen LogP contribution in [0.3, 0.4) is 0 Å². The van der Waals surface area contributed by atoms with Crippen LogP contribution in [0, 0.1) is 13.8 Å². The minimum atomic E-state index is -0.0256. The Morgan fingerprint density at radius 3 is 2.52 bits per heavy atom. The van der Waals surface area contributed by atoms with Crippen LogP contribution in [0.4, 0.5) is 0 Å². The van der Waals surface area contributed by atoms with Gasteiger partial charge in [-0.05, 0) is 38.1 Å². The third-order valence-corrected chi connectivity index (χ3v) is 5.22.